The first-order valence-electron chi connectivity index (χ1n) is 6.78. The Morgan fingerprint density at radius 1 is 1.11 bits per heavy atom. The number of nitrogens with zero attached hydrogens (tertiary/aromatic N) is 1. The van der Waals surface area contributed by atoms with Gasteiger partial charge in [0, 0.05) is 19.4 Å². The van der Waals surface area contributed by atoms with E-state index in [9.17, 15) is 9.59 Å². The predicted molar refractivity (Wildman–Crippen MR) is 73.4 cm³/mol. The van der Waals surface area contributed by atoms with Gasteiger partial charge >= 0.3 is 0 Å². The van der Waals surface area contributed by atoms with Gasteiger partial charge in [0.1, 0.15) is 0 Å². The van der Waals surface area contributed by atoms with Crippen molar-refractivity contribution in [3.63, 3.8) is 0 Å². The molecule has 1 N–H and O–H groups in total. The average Bonchev–Trinajstić information content (AvgIpc) is 2.59. The molecule has 0 radical (unpaired) electrons. The van der Waals surface area contributed by atoms with Crippen molar-refractivity contribution in [2.24, 2.45) is 0 Å². The van der Waals surface area contributed by atoms with Crippen LogP contribution in [0.4, 0.5) is 0 Å². The van der Waals surface area contributed by atoms with E-state index in [0.29, 0.717) is 19.4 Å². The number of rotatable bonds is 4. The molecule has 0 spiro atoms. The average molecular weight is 260 g/mol. The molecule has 1 saturated heterocycles. The highest BCUT2D eigenvalue weighted by Gasteiger charge is 2.26. The van der Waals surface area contributed by atoms with Crippen LogP contribution in [0.1, 0.15) is 37.3 Å². The molecular formula is C15H20N2O2. The molecule has 1 aromatic rings. The quantitative estimate of drug-likeness (QED) is 0.841. The Bertz CT molecular complexity index is 427. The molecule has 4 nitrogen and oxygen atoms in total. The number of imide groups is 1. The molecule has 1 unspecified atom stereocenters. The standard InChI is InChI=1S/C15H20N2O2/c1-16-13(12-7-3-2-4-8-12)11-17-14(18)9-5-6-10-15(17)19/h2-4,7-8,13,16H,5-6,9-11H2,1H3. The number of amides is 2. The van der Waals surface area contributed by atoms with Crippen molar-refractivity contribution in [3.8, 4) is 0 Å². The Morgan fingerprint density at radius 2 is 1.68 bits per heavy atom. The van der Waals surface area contributed by atoms with Gasteiger partial charge in [-0.05, 0) is 25.5 Å². The first-order valence-corrected chi connectivity index (χ1v) is 6.78. The molecule has 102 valence electrons. The Morgan fingerprint density at radius 3 is 2.21 bits per heavy atom. The summed E-state index contributed by atoms with van der Waals surface area (Å²) < 4.78 is 0. The Balaban J connectivity index is 2.12. The Labute approximate surface area is 113 Å². The topological polar surface area (TPSA) is 49.4 Å². The van der Waals surface area contributed by atoms with Crippen molar-refractivity contribution >= 4 is 11.8 Å². The normalized spacial score (nSPS) is 18.3. The Kier molecular flexibility index (Phi) is 4.68. The molecule has 1 fully saturated rings. The van der Waals surface area contributed by atoms with E-state index in [1.54, 1.807) is 0 Å². The van der Waals surface area contributed by atoms with E-state index in [2.05, 4.69) is 5.32 Å². The second kappa shape index (κ2) is 6.48. The number of carbonyl (C=O) groups excluding carboxylic acids is 2. The largest absolute Gasteiger partial charge is 0.312 e. The lowest BCUT2D eigenvalue weighted by Crippen LogP contribution is -2.41. The summed E-state index contributed by atoms with van der Waals surface area (Å²) in [6, 6.07) is 9.89. The van der Waals surface area contributed by atoms with Gasteiger partial charge in [0.2, 0.25) is 11.8 Å². The van der Waals surface area contributed by atoms with Crippen LogP contribution in [0.2, 0.25) is 0 Å². The lowest BCUT2D eigenvalue weighted by atomic mass is 10.1. The molecule has 19 heavy (non-hydrogen) atoms. The highest BCUT2D eigenvalue weighted by molar-refractivity contribution is 5.96. The molecule has 2 amide bonds. The molecule has 0 saturated carbocycles. The molecule has 1 aromatic carbocycles. The number of hydrogen-bond donors (Lipinski definition) is 1. The summed E-state index contributed by atoms with van der Waals surface area (Å²) >= 11 is 0. The van der Waals surface area contributed by atoms with Crippen LogP contribution in [0.3, 0.4) is 0 Å². The third-order valence-electron chi connectivity index (χ3n) is 3.55. The van der Waals surface area contributed by atoms with Gasteiger partial charge in [0.05, 0.1) is 6.04 Å². The minimum absolute atomic E-state index is 0.00722. The smallest absolute Gasteiger partial charge is 0.229 e. The summed E-state index contributed by atoms with van der Waals surface area (Å²) in [4.78, 5) is 25.4. The van der Waals surface area contributed by atoms with Gasteiger partial charge in [-0.3, -0.25) is 14.5 Å². The number of nitrogens with one attached hydrogen (secondary N) is 1. The third-order valence-corrected chi connectivity index (χ3v) is 3.55. The zero-order valence-electron chi connectivity index (χ0n) is 11.3. The van der Waals surface area contributed by atoms with Gasteiger partial charge in [0.25, 0.3) is 0 Å². The zero-order chi connectivity index (χ0) is 13.7. The second-order valence-electron chi connectivity index (χ2n) is 4.86. The fourth-order valence-corrected chi connectivity index (χ4v) is 2.40. The minimum Gasteiger partial charge on any atom is -0.312 e. The van der Waals surface area contributed by atoms with Crippen molar-refractivity contribution < 1.29 is 9.59 Å². The first-order chi connectivity index (χ1) is 9.22. The van der Waals surface area contributed by atoms with Gasteiger partial charge in [0.15, 0.2) is 0 Å². The van der Waals surface area contributed by atoms with E-state index in [4.69, 9.17) is 0 Å². The molecule has 1 atom stereocenters. The molecule has 1 aliphatic rings. The van der Waals surface area contributed by atoms with E-state index < -0.39 is 0 Å². The van der Waals surface area contributed by atoms with Crippen molar-refractivity contribution in [3.05, 3.63) is 35.9 Å². The number of benzene rings is 1. The van der Waals surface area contributed by atoms with Crippen LogP contribution in [-0.2, 0) is 9.59 Å². The van der Waals surface area contributed by atoms with Gasteiger partial charge in [-0.15, -0.1) is 0 Å². The predicted octanol–water partition coefficient (Wildman–Crippen LogP) is 1.88. The molecular weight excluding hydrogens is 240 g/mol. The first kappa shape index (κ1) is 13.7. The monoisotopic (exact) mass is 260 g/mol. The maximum atomic E-state index is 12.0. The molecule has 4 heteroatoms. The van der Waals surface area contributed by atoms with E-state index >= 15 is 0 Å². The molecule has 1 aliphatic heterocycles. The molecule has 0 aliphatic carbocycles. The van der Waals surface area contributed by atoms with E-state index in [1.807, 2.05) is 37.4 Å². The highest BCUT2D eigenvalue weighted by atomic mass is 16.2. The summed E-state index contributed by atoms with van der Waals surface area (Å²) in [7, 11) is 1.85. The molecule has 0 bridgehead atoms. The summed E-state index contributed by atoms with van der Waals surface area (Å²) in [5.41, 5.74) is 1.09. The van der Waals surface area contributed by atoms with Crippen molar-refractivity contribution in [2.45, 2.75) is 31.7 Å². The van der Waals surface area contributed by atoms with Crippen LogP contribution in [-0.4, -0.2) is 30.3 Å². The van der Waals surface area contributed by atoms with Crippen LogP contribution in [0.25, 0.3) is 0 Å². The SMILES string of the molecule is CNC(CN1C(=O)CCCCC1=O)c1ccccc1. The van der Waals surface area contributed by atoms with Crippen molar-refractivity contribution in [1.82, 2.24) is 10.2 Å². The lowest BCUT2D eigenvalue weighted by molar-refractivity contribution is -0.144. The van der Waals surface area contributed by atoms with E-state index in [1.165, 1.54) is 4.90 Å². The summed E-state index contributed by atoms with van der Waals surface area (Å²) in [6.07, 6.45) is 2.60. The number of carbonyl (C=O) groups is 2. The van der Waals surface area contributed by atoms with Crippen molar-refractivity contribution in [1.29, 1.82) is 0 Å². The maximum Gasteiger partial charge on any atom is 0.229 e. The van der Waals surface area contributed by atoms with Gasteiger partial charge < -0.3 is 5.32 Å². The van der Waals surface area contributed by atoms with Crippen LogP contribution in [0.5, 0.6) is 0 Å². The van der Waals surface area contributed by atoms with Crippen LogP contribution in [0, 0.1) is 0 Å². The maximum absolute atomic E-state index is 12.0. The zero-order valence-corrected chi connectivity index (χ0v) is 11.3. The van der Waals surface area contributed by atoms with Crippen LogP contribution < -0.4 is 5.32 Å². The van der Waals surface area contributed by atoms with Gasteiger partial charge in [-0.25, -0.2) is 0 Å². The molecule has 2 rings (SSSR count). The summed E-state index contributed by atoms with van der Waals surface area (Å²) in [6.45, 7) is 0.415. The number of likely N-dealkylation sites (tertiary alicyclic amines) is 1. The molecule has 1 heterocycles. The fraction of sp³-hybridized carbons (Fsp3) is 0.467. The lowest BCUT2D eigenvalue weighted by Gasteiger charge is -2.25. The second-order valence-corrected chi connectivity index (χ2v) is 4.86. The minimum atomic E-state index is -0.0429. The summed E-state index contributed by atoms with van der Waals surface area (Å²) in [5.74, 6) is -0.0858. The van der Waals surface area contributed by atoms with Gasteiger partial charge in [-0.2, -0.15) is 0 Å². The van der Waals surface area contributed by atoms with Crippen LogP contribution >= 0.6 is 0 Å². The van der Waals surface area contributed by atoms with Crippen molar-refractivity contribution in [2.75, 3.05) is 13.6 Å². The number of likely N-dealkylation sites (N-methyl/N-ethyl adjacent to an activating group) is 1. The summed E-state index contributed by atoms with van der Waals surface area (Å²) in [5, 5.41) is 3.18. The van der Waals surface area contributed by atoms with Gasteiger partial charge in [-0.1, -0.05) is 30.3 Å². The Hall–Kier alpha value is -1.68. The number of hydrogen-bond acceptors (Lipinski definition) is 3. The van der Waals surface area contributed by atoms with E-state index in [0.717, 1.165) is 18.4 Å². The van der Waals surface area contributed by atoms with Crippen LogP contribution in [0.15, 0.2) is 30.3 Å². The molecule has 0 aromatic heterocycles. The van der Waals surface area contributed by atoms with E-state index in [-0.39, 0.29) is 17.9 Å². The third kappa shape index (κ3) is 3.41. The fourth-order valence-electron chi connectivity index (χ4n) is 2.40. The highest BCUT2D eigenvalue weighted by Crippen LogP contribution is 2.18.